The molecule has 2 N–H and O–H groups in total. The van der Waals surface area contributed by atoms with Crippen molar-refractivity contribution in [1.82, 2.24) is 4.57 Å². The molecule has 6 atom stereocenters. The highest BCUT2D eigenvalue weighted by Crippen LogP contribution is 2.61. The third-order valence-electron chi connectivity index (χ3n) is 19.4. The molecule has 3 heterocycles. The first kappa shape index (κ1) is 70.2. The third-order valence-corrected chi connectivity index (χ3v) is 20.7. The lowest BCUT2D eigenvalue weighted by atomic mass is 9.76. The second kappa shape index (κ2) is 33.1. The lowest BCUT2D eigenvalue weighted by molar-refractivity contribution is -0.0135. The third kappa shape index (κ3) is 16.0. The molecule has 108 heavy (non-hydrogen) atoms. The first-order chi connectivity index (χ1) is 53.3. The summed E-state index contributed by atoms with van der Waals surface area (Å²) in [6, 6.07) is 103. The Morgan fingerprint density at radius 1 is 0.315 bits per heavy atom. The lowest BCUT2D eigenvalue weighted by Crippen LogP contribution is -2.40. The van der Waals surface area contributed by atoms with Gasteiger partial charge in [-0.15, -0.1) is 11.3 Å². The number of benzene rings is 13. The summed E-state index contributed by atoms with van der Waals surface area (Å²) in [6.45, 7) is 1.44. The van der Waals surface area contributed by atoms with E-state index in [1.54, 1.807) is 0 Å². The molecule has 0 radical (unpaired) electrons. The van der Waals surface area contributed by atoms with Crippen LogP contribution < -0.4 is 47.4 Å². The Kier molecular flexibility index (Phi) is 21.5. The van der Waals surface area contributed by atoms with Gasteiger partial charge in [0.25, 0.3) is 0 Å². The fraction of sp³-hybridized carbons (Fsp3) is 0.151. The van der Waals surface area contributed by atoms with Gasteiger partial charge in [-0.2, -0.15) is 0 Å². The molecule has 0 saturated carbocycles. The normalized spacial score (nSPS) is 16.4. The van der Waals surface area contributed by atoms with Crippen molar-refractivity contribution in [2.45, 2.75) is 89.2 Å². The Hall–Kier alpha value is -12.1. The molecule has 13 aromatic carbocycles. The van der Waals surface area contributed by atoms with E-state index < -0.39 is 36.4 Å². The number of thiazole rings is 1. The van der Waals surface area contributed by atoms with Crippen LogP contribution in [0.25, 0.3) is 10.2 Å². The van der Waals surface area contributed by atoms with Crippen molar-refractivity contribution in [1.29, 1.82) is 0 Å². The number of aliphatic hydroxyl groups is 2. The average Bonchev–Trinajstić information content (AvgIpc) is 1.10. The summed E-state index contributed by atoms with van der Waals surface area (Å²) in [7, 11) is 0. The second-order valence-corrected chi connectivity index (χ2v) is 28.3. The van der Waals surface area contributed by atoms with Crippen molar-refractivity contribution in [2.24, 2.45) is 0 Å². The Morgan fingerprint density at radius 2 is 0.657 bits per heavy atom. The number of hydrogen-bond donors (Lipinski definition) is 2. The van der Waals surface area contributed by atoms with Crippen LogP contribution in [-0.2, 0) is 52.9 Å². The molecule has 13 nitrogen and oxygen atoms in total. The first-order valence-electron chi connectivity index (χ1n) is 36.1. The maximum Gasteiger partial charge on any atom is 0.162 e. The highest BCUT2D eigenvalue weighted by molar-refractivity contribution is 7.73. The van der Waals surface area contributed by atoms with Gasteiger partial charge >= 0.3 is 0 Å². The molecule has 1 unspecified atom stereocenters. The van der Waals surface area contributed by atoms with Crippen LogP contribution in [0.15, 0.2) is 322 Å². The SMILES string of the molecule is O[C@@H]1[C@@H](c2c(OCc3ccccc3)cc(OCc3ccccc3)c3c2O[C@H](c2ccc(OCc4ccccc4)c(OCc4ccccc4)c2)[C@H](O)C3n2c(=S)sc3ccccc32)c2c(OCc3ccccc3)cc(OCc3ccccc3)cc2O[C@@H]1c1ccc(OCc2ccccc2)c(OCc2ccccc2)c1. The van der Waals surface area contributed by atoms with Crippen LogP contribution in [0.1, 0.15) is 96.5 Å². The number of rotatable bonds is 28. The molecule has 0 spiro atoms. The Balaban J connectivity index is 0.946. The summed E-state index contributed by atoms with van der Waals surface area (Å²) in [5, 5.41) is 28.7. The maximum atomic E-state index is 14.6. The first-order valence-corrected chi connectivity index (χ1v) is 37.3. The van der Waals surface area contributed by atoms with Gasteiger partial charge < -0.3 is 62.1 Å². The number of aliphatic hydroxyl groups excluding tert-OH is 2. The van der Waals surface area contributed by atoms with Gasteiger partial charge in [-0.05, 0) is 104 Å². The van der Waals surface area contributed by atoms with Gasteiger partial charge in [-0.3, -0.25) is 0 Å². The molecule has 0 saturated heterocycles. The van der Waals surface area contributed by atoms with E-state index in [1.807, 2.05) is 326 Å². The van der Waals surface area contributed by atoms with E-state index in [0.29, 0.717) is 83.5 Å². The zero-order chi connectivity index (χ0) is 73.0. The molecule has 0 fully saturated rings. The van der Waals surface area contributed by atoms with Gasteiger partial charge in [0.2, 0.25) is 0 Å². The number of aromatic nitrogens is 1. The fourth-order valence-corrected chi connectivity index (χ4v) is 15.4. The predicted molar refractivity (Wildman–Crippen MR) is 421 cm³/mol. The summed E-state index contributed by atoms with van der Waals surface area (Å²) in [6.07, 6.45) is -5.31. The lowest BCUT2D eigenvalue weighted by Gasteiger charge is -2.43. The van der Waals surface area contributed by atoms with E-state index in [2.05, 4.69) is 0 Å². The maximum absolute atomic E-state index is 14.6. The molecule has 1 aromatic heterocycles. The van der Waals surface area contributed by atoms with Crippen molar-refractivity contribution in [3.05, 3.63) is 398 Å². The van der Waals surface area contributed by atoms with E-state index in [1.165, 1.54) is 11.3 Å². The number of hydrogen-bond acceptors (Lipinski definition) is 14. The van der Waals surface area contributed by atoms with Crippen molar-refractivity contribution in [3.63, 3.8) is 0 Å². The van der Waals surface area contributed by atoms with Gasteiger partial charge in [0.05, 0.1) is 27.7 Å². The smallest absolute Gasteiger partial charge is 0.162 e. The molecule has 538 valence electrons. The van der Waals surface area contributed by atoms with Crippen molar-refractivity contribution in [2.75, 3.05) is 0 Å². The van der Waals surface area contributed by atoms with Gasteiger partial charge in [0.15, 0.2) is 39.2 Å². The zero-order valence-corrected chi connectivity index (χ0v) is 60.6. The highest BCUT2D eigenvalue weighted by Gasteiger charge is 2.50. The molecule has 2 aliphatic rings. The van der Waals surface area contributed by atoms with Crippen LogP contribution in [-0.4, -0.2) is 27.0 Å². The van der Waals surface area contributed by atoms with E-state index in [-0.39, 0.29) is 58.6 Å². The molecule has 15 heteroatoms. The number of ether oxygens (including phenoxy) is 10. The Labute approximate surface area is 636 Å². The van der Waals surface area contributed by atoms with Gasteiger partial charge in [0, 0.05) is 29.3 Å². The summed E-state index contributed by atoms with van der Waals surface area (Å²) in [5.41, 5.74) is 10.6. The summed E-state index contributed by atoms with van der Waals surface area (Å²) >= 11 is 7.99. The molecule has 0 aliphatic carbocycles. The quantitative estimate of drug-likeness (QED) is 0.0451. The Morgan fingerprint density at radius 3 is 1.07 bits per heavy atom. The van der Waals surface area contributed by atoms with Crippen LogP contribution in [0, 0.1) is 3.95 Å². The molecular formula is C93H77NO12S2. The van der Waals surface area contributed by atoms with Crippen LogP contribution in [0.5, 0.6) is 57.5 Å². The van der Waals surface area contributed by atoms with E-state index in [9.17, 15) is 10.2 Å². The van der Waals surface area contributed by atoms with Crippen molar-refractivity contribution in [3.8, 4) is 57.5 Å². The summed E-state index contributed by atoms with van der Waals surface area (Å²) in [4.78, 5) is 0. The number of para-hydroxylation sites is 1. The molecule has 2 aliphatic heterocycles. The summed E-state index contributed by atoms with van der Waals surface area (Å²) in [5.74, 6) is 2.66. The monoisotopic (exact) mass is 1460 g/mol. The highest BCUT2D eigenvalue weighted by atomic mass is 32.1. The van der Waals surface area contributed by atoms with Crippen molar-refractivity contribution >= 4 is 33.8 Å². The fourth-order valence-electron chi connectivity index (χ4n) is 14.0. The van der Waals surface area contributed by atoms with Gasteiger partial charge in [0.1, 0.15) is 99.6 Å². The van der Waals surface area contributed by atoms with Crippen LogP contribution >= 0.6 is 23.6 Å². The van der Waals surface area contributed by atoms with Gasteiger partial charge in [-0.25, -0.2) is 0 Å². The molecule has 0 amide bonds. The standard InChI is InChI=1S/C93H77NO12S2/c95-88-86(83-78(102-59-67-37-19-6-20-38-67)51-72(97-54-62-27-9-1-10-28-62)52-81(83)105-90(88)70-45-47-74(98-55-63-29-11-2-12-30-63)76(49-70)100-57-65-33-15-4-16-34-65)84-79(103-60-68-39-21-7-22-40-68)53-80(104-61-69-41-23-8-24-42-69)85-87(94-73-43-25-26-44-82(73)108-93(94)107)89(96)91(106-92(84)85)71-46-48-75(99-56-64-31-13-3-14-32-64)77(50-71)101-58-66-35-17-5-18-36-66/h1-53,86-91,95-96H,54-61H2/t86-,87?,88-,89-,90-,91-/m1/s1. The minimum absolute atomic E-state index is 0.0683. The van der Waals surface area contributed by atoms with E-state index in [4.69, 9.17) is 59.6 Å². The number of fused-ring (bicyclic) bond motifs is 3. The molecule has 16 rings (SSSR count). The van der Waals surface area contributed by atoms with Crippen molar-refractivity contribution < 1.29 is 57.6 Å². The minimum Gasteiger partial charge on any atom is -0.489 e. The molecule has 14 aromatic rings. The predicted octanol–water partition coefficient (Wildman–Crippen LogP) is 20.8. The van der Waals surface area contributed by atoms with Gasteiger partial charge in [-0.1, -0.05) is 267 Å². The van der Waals surface area contributed by atoms with E-state index in [0.717, 1.165) is 54.7 Å². The average molecular weight is 1460 g/mol. The van der Waals surface area contributed by atoms with Crippen LogP contribution in [0.2, 0.25) is 0 Å². The zero-order valence-electron chi connectivity index (χ0n) is 59.0. The largest absolute Gasteiger partial charge is 0.489 e. The number of nitrogens with zero attached hydrogens (tertiary/aromatic N) is 1. The minimum atomic E-state index is -1.51. The second-order valence-electron chi connectivity index (χ2n) is 26.7. The molecular weight excluding hydrogens is 1390 g/mol. The van der Waals surface area contributed by atoms with E-state index >= 15 is 0 Å². The van der Waals surface area contributed by atoms with Crippen LogP contribution in [0.4, 0.5) is 0 Å². The Bertz CT molecular complexity index is 5390. The van der Waals surface area contributed by atoms with Crippen LogP contribution in [0.3, 0.4) is 0 Å². The molecule has 0 bridgehead atoms. The summed E-state index contributed by atoms with van der Waals surface area (Å²) < 4.78 is 74.4. The topological polar surface area (TPSA) is 138 Å².